The van der Waals surface area contributed by atoms with E-state index in [9.17, 15) is 8.78 Å². The summed E-state index contributed by atoms with van der Waals surface area (Å²) in [7, 11) is 1.79. The maximum Gasteiger partial charge on any atom is 0.254 e. The highest BCUT2D eigenvalue weighted by Gasteiger charge is 2.23. The number of nitrogens with one attached hydrogen (secondary N) is 1. The molecule has 1 atom stereocenters. The number of nitrogens with zero attached hydrogens (tertiary/aromatic N) is 2. The molecule has 3 nitrogen and oxygen atoms in total. The Bertz CT molecular complexity index is 366. The Labute approximate surface area is 109 Å². The van der Waals surface area contributed by atoms with E-state index in [0.717, 1.165) is 22.3 Å². The monoisotopic (exact) mass is 309 g/mol. The van der Waals surface area contributed by atoms with Crippen LogP contribution in [0.2, 0.25) is 0 Å². The van der Waals surface area contributed by atoms with Crippen LogP contribution in [0, 0.1) is 0 Å². The van der Waals surface area contributed by atoms with Crippen molar-refractivity contribution in [1.29, 1.82) is 0 Å². The third-order valence-electron chi connectivity index (χ3n) is 2.69. The van der Waals surface area contributed by atoms with Gasteiger partial charge in [-0.25, -0.2) is 8.78 Å². The largest absolute Gasteiger partial charge is 0.309 e. The van der Waals surface area contributed by atoms with Crippen LogP contribution < -0.4 is 5.32 Å². The standard InChI is InChI=1S/C11H18BrF2N3/c1-4-7-10(12)9(17(3)16-7)6-8(11(13)14)15-5-2/h8,11,15H,4-6H2,1-3H3. The summed E-state index contributed by atoms with van der Waals surface area (Å²) in [6.45, 7) is 4.35. The molecule has 0 bridgehead atoms. The van der Waals surface area contributed by atoms with Crippen molar-refractivity contribution in [2.45, 2.75) is 39.2 Å². The molecular weight excluding hydrogens is 292 g/mol. The smallest absolute Gasteiger partial charge is 0.254 e. The highest BCUT2D eigenvalue weighted by atomic mass is 79.9. The highest BCUT2D eigenvalue weighted by molar-refractivity contribution is 9.10. The van der Waals surface area contributed by atoms with E-state index < -0.39 is 12.5 Å². The molecule has 1 heterocycles. The first-order chi connectivity index (χ1) is 8.01. The minimum Gasteiger partial charge on any atom is -0.309 e. The van der Waals surface area contributed by atoms with Crippen LogP contribution in [0.4, 0.5) is 8.78 Å². The molecule has 0 radical (unpaired) electrons. The van der Waals surface area contributed by atoms with Gasteiger partial charge in [0.1, 0.15) is 0 Å². The number of rotatable bonds is 6. The fourth-order valence-corrected chi connectivity index (χ4v) is 2.54. The second-order valence-corrected chi connectivity index (χ2v) is 4.68. The SMILES string of the molecule is CCNC(Cc1c(Br)c(CC)nn1C)C(F)F. The summed E-state index contributed by atoms with van der Waals surface area (Å²) < 4.78 is 28.2. The predicted molar refractivity (Wildman–Crippen MR) is 67.5 cm³/mol. The lowest BCUT2D eigenvalue weighted by Gasteiger charge is -2.17. The number of aromatic nitrogens is 2. The van der Waals surface area contributed by atoms with Crippen LogP contribution in [-0.2, 0) is 19.9 Å². The van der Waals surface area contributed by atoms with Gasteiger partial charge in [0.25, 0.3) is 6.43 Å². The molecule has 1 N–H and O–H groups in total. The fraction of sp³-hybridized carbons (Fsp3) is 0.727. The molecule has 17 heavy (non-hydrogen) atoms. The van der Waals surface area contributed by atoms with Crippen LogP contribution in [0.3, 0.4) is 0 Å². The van der Waals surface area contributed by atoms with Gasteiger partial charge in [0.05, 0.1) is 21.9 Å². The third-order valence-corrected chi connectivity index (χ3v) is 3.60. The lowest BCUT2D eigenvalue weighted by Crippen LogP contribution is -2.37. The van der Waals surface area contributed by atoms with E-state index in [1.165, 1.54) is 0 Å². The molecule has 1 aromatic heterocycles. The first-order valence-corrected chi connectivity index (χ1v) is 6.52. The summed E-state index contributed by atoms with van der Waals surface area (Å²) in [5, 5.41) is 7.10. The van der Waals surface area contributed by atoms with Gasteiger partial charge >= 0.3 is 0 Å². The van der Waals surface area contributed by atoms with E-state index in [0.29, 0.717) is 6.54 Å². The van der Waals surface area contributed by atoms with Gasteiger partial charge in [-0.15, -0.1) is 0 Å². The van der Waals surface area contributed by atoms with Crippen LogP contribution >= 0.6 is 15.9 Å². The Morgan fingerprint density at radius 2 is 2.06 bits per heavy atom. The molecule has 0 saturated heterocycles. The number of halogens is 3. The summed E-state index contributed by atoms with van der Waals surface area (Å²) in [6, 6.07) is -0.823. The zero-order chi connectivity index (χ0) is 13.0. The van der Waals surface area contributed by atoms with Crippen LogP contribution in [0.5, 0.6) is 0 Å². The predicted octanol–water partition coefficient (Wildman–Crippen LogP) is 2.53. The van der Waals surface area contributed by atoms with Crippen molar-refractivity contribution >= 4 is 15.9 Å². The first kappa shape index (κ1) is 14.6. The van der Waals surface area contributed by atoms with Crippen molar-refractivity contribution in [2.24, 2.45) is 7.05 Å². The molecule has 0 amide bonds. The van der Waals surface area contributed by atoms with Crippen LogP contribution in [0.1, 0.15) is 25.2 Å². The maximum atomic E-state index is 12.8. The quantitative estimate of drug-likeness (QED) is 0.875. The number of hydrogen-bond acceptors (Lipinski definition) is 2. The van der Waals surface area contributed by atoms with Gasteiger partial charge < -0.3 is 5.32 Å². The van der Waals surface area contributed by atoms with Crippen molar-refractivity contribution in [1.82, 2.24) is 15.1 Å². The molecule has 1 rings (SSSR count). The van der Waals surface area contributed by atoms with E-state index >= 15 is 0 Å². The number of hydrogen-bond donors (Lipinski definition) is 1. The minimum atomic E-state index is -2.37. The third kappa shape index (κ3) is 3.48. The van der Waals surface area contributed by atoms with Crippen molar-refractivity contribution in [2.75, 3.05) is 6.54 Å². The molecular formula is C11H18BrF2N3. The molecule has 0 aliphatic rings. The molecule has 0 aromatic carbocycles. The van der Waals surface area contributed by atoms with Gasteiger partial charge in [0.2, 0.25) is 0 Å². The topological polar surface area (TPSA) is 29.9 Å². The second kappa shape index (κ2) is 6.44. The molecule has 6 heteroatoms. The van der Waals surface area contributed by atoms with Gasteiger partial charge in [-0.05, 0) is 28.9 Å². The molecule has 0 aliphatic heterocycles. The summed E-state index contributed by atoms with van der Waals surface area (Å²) in [4.78, 5) is 0. The Morgan fingerprint density at radius 3 is 2.47 bits per heavy atom. The van der Waals surface area contributed by atoms with Gasteiger partial charge in [-0.2, -0.15) is 5.10 Å². The van der Waals surface area contributed by atoms with E-state index in [1.807, 2.05) is 13.8 Å². The van der Waals surface area contributed by atoms with Crippen LogP contribution in [0.15, 0.2) is 4.47 Å². The second-order valence-electron chi connectivity index (χ2n) is 3.89. The summed E-state index contributed by atoms with van der Waals surface area (Å²) >= 11 is 3.43. The Hall–Kier alpha value is -0.490. The van der Waals surface area contributed by atoms with Crippen molar-refractivity contribution in [3.63, 3.8) is 0 Å². The van der Waals surface area contributed by atoms with Crippen molar-refractivity contribution in [3.8, 4) is 0 Å². The summed E-state index contributed by atoms with van der Waals surface area (Å²) in [6.07, 6.45) is -1.31. The minimum absolute atomic E-state index is 0.273. The zero-order valence-corrected chi connectivity index (χ0v) is 11.9. The molecule has 0 spiro atoms. The Morgan fingerprint density at radius 1 is 1.41 bits per heavy atom. The lowest BCUT2D eigenvalue weighted by atomic mass is 10.1. The van der Waals surface area contributed by atoms with E-state index in [2.05, 4.69) is 26.3 Å². The van der Waals surface area contributed by atoms with Gasteiger partial charge in [-0.1, -0.05) is 13.8 Å². The average molecular weight is 310 g/mol. The first-order valence-electron chi connectivity index (χ1n) is 5.72. The van der Waals surface area contributed by atoms with Crippen LogP contribution in [0.25, 0.3) is 0 Å². The zero-order valence-electron chi connectivity index (χ0n) is 10.3. The molecule has 1 unspecified atom stereocenters. The van der Waals surface area contributed by atoms with Gasteiger partial charge in [0, 0.05) is 13.5 Å². The van der Waals surface area contributed by atoms with E-state index in [4.69, 9.17) is 0 Å². The van der Waals surface area contributed by atoms with E-state index in [-0.39, 0.29) is 6.42 Å². The Balaban J connectivity index is 2.88. The maximum absolute atomic E-state index is 12.8. The molecule has 98 valence electrons. The average Bonchev–Trinajstić information content (AvgIpc) is 2.55. The number of likely N-dealkylation sites (N-methyl/N-ethyl adjacent to an activating group) is 1. The normalized spacial score (nSPS) is 13.4. The lowest BCUT2D eigenvalue weighted by molar-refractivity contribution is 0.0981. The van der Waals surface area contributed by atoms with E-state index in [1.54, 1.807) is 11.7 Å². The summed E-state index contributed by atoms with van der Waals surface area (Å²) in [5.41, 5.74) is 1.72. The van der Waals surface area contributed by atoms with Gasteiger partial charge in [-0.3, -0.25) is 4.68 Å². The van der Waals surface area contributed by atoms with Crippen molar-refractivity contribution < 1.29 is 8.78 Å². The van der Waals surface area contributed by atoms with Gasteiger partial charge in [0.15, 0.2) is 0 Å². The van der Waals surface area contributed by atoms with Crippen LogP contribution in [-0.4, -0.2) is 28.8 Å². The summed E-state index contributed by atoms with van der Waals surface area (Å²) in [5.74, 6) is 0. The molecule has 0 saturated carbocycles. The van der Waals surface area contributed by atoms with Crippen molar-refractivity contribution in [3.05, 3.63) is 15.9 Å². The highest BCUT2D eigenvalue weighted by Crippen LogP contribution is 2.23. The molecule has 0 aliphatic carbocycles. The fourth-order valence-electron chi connectivity index (χ4n) is 1.76. The molecule has 1 aromatic rings. The molecule has 0 fully saturated rings. The number of alkyl halides is 2. The number of aryl methyl sites for hydroxylation is 2. The Kier molecular flexibility index (Phi) is 5.52.